The molecule has 0 bridgehead atoms. The van der Waals surface area contributed by atoms with Crippen molar-refractivity contribution in [2.75, 3.05) is 13.2 Å². The molecule has 15 heavy (non-hydrogen) atoms. The Balaban J connectivity index is 2.96. The van der Waals surface area contributed by atoms with Crippen molar-refractivity contribution >= 4 is 0 Å². The molecule has 1 aromatic carbocycles. The van der Waals surface area contributed by atoms with Gasteiger partial charge in [0, 0.05) is 5.56 Å². The number of rotatable bonds is 4. The van der Waals surface area contributed by atoms with Gasteiger partial charge in [0.15, 0.2) is 0 Å². The van der Waals surface area contributed by atoms with Gasteiger partial charge in [0.25, 0.3) is 0 Å². The van der Waals surface area contributed by atoms with Crippen molar-refractivity contribution in [1.82, 2.24) is 0 Å². The van der Waals surface area contributed by atoms with E-state index in [4.69, 9.17) is 16.3 Å². The van der Waals surface area contributed by atoms with Gasteiger partial charge < -0.3 is 9.84 Å². The highest BCUT2D eigenvalue weighted by atomic mass is 16.5. The van der Waals surface area contributed by atoms with Crippen molar-refractivity contribution in [3.8, 4) is 18.1 Å². The summed E-state index contributed by atoms with van der Waals surface area (Å²) in [6.45, 7) is 4.51. The van der Waals surface area contributed by atoms with E-state index in [1.807, 2.05) is 18.2 Å². The number of benzene rings is 1. The molecule has 1 rings (SSSR count). The maximum atomic E-state index is 8.67. The van der Waals surface area contributed by atoms with E-state index in [1.165, 1.54) is 0 Å². The fourth-order valence-electron chi connectivity index (χ4n) is 1.29. The van der Waals surface area contributed by atoms with Crippen LogP contribution in [-0.4, -0.2) is 18.3 Å². The average Bonchev–Trinajstić information content (AvgIpc) is 2.25. The molecule has 1 aromatic rings. The third kappa shape index (κ3) is 3.30. The highest BCUT2D eigenvalue weighted by molar-refractivity contribution is 5.43. The maximum absolute atomic E-state index is 8.67. The number of terminal acetylenes is 1. The number of aliphatic hydroxyl groups is 1. The standard InChI is InChI=1S/C13H16O2/c1-4-11-7-12(10(2)3)9-13(8-11)15-6-5-14/h1,7-10,14H,5-6H2,2-3H3. The Labute approximate surface area is 90.9 Å². The van der Waals surface area contributed by atoms with Crippen LogP contribution in [0.4, 0.5) is 0 Å². The van der Waals surface area contributed by atoms with Gasteiger partial charge in [0.2, 0.25) is 0 Å². The Hall–Kier alpha value is -1.46. The molecule has 0 aromatic heterocycles. The molecule has 0 saturated carbocycles. The molecule has 0 atom stereocenters. The Kier molecular flexibility index (Phi) is 4.20. The van der Waals surface area contributed by atoms with E-state index in [2.05, 4.69) is 19.8 Å². The van der Waals surface area contributed by atoms with Gasteiger partial charge in [0.05, 0.1) is 6.61 Å². The monoisotopic (exact) mass is 204 g/mol. The first-order valence-corrected chi connectivity index (χ1v) is 5.02. The largest absolute Gasteiger partial charge is 0.491 e. The van der Waals surface area contributed by atoms with Crippen LogP contribution in [0.3, 0.4) is 0 Å². The predicted octanol–water partition coefficient (Wildman–Crippen LogP) is 2.16. The molecule has 0 saturated heterocycles. The topological polar surface area (TPSA) is 29.5 Å². The lowest BCUT2D eigenvalue weighted by atomic mass is 10.0. The molecule has 2 nitrogen and oxygen atoms in total. The molecular weight excluding hydrogens is 188 g/mol. The zero-order valence-corrected chi connectivity index (χ0v) is 9.16. The summed E-state index contributed by atoms with van der Waals surface area (Å²) in [5.41, 5.74) is 1.97. The van der Waals surface area contributed by atoms with Crippen LogP contribution in [0.5, 0.6) is 5.75 Å². The van der Waals surface area contributed by atoms with E-state index in [9.17, 15) is 0 Å². The Bertz CT molecular complexity index is 361. The fourth-order valence-corrected chi connectivity index (χ4v) is 1.29. The number of aliphatic hydroxyl groups excluding tert-OH is 1. The molecule has 0 radical (unpaired) electrons. The Morgan fingerprint density at radius 2 is 2.13 bits per heavy atom. The summed E-state index contributed by atoms with van der Waals surface area (Å²) >= 11 is 0. The van der Waals surface area contributed by atoms with Crippen LogP contribution in [0.1, 0.15) is 30.9 Å². The van der Waals surface area contributed by atoms with E-state index in [1.54, 1.807) is 0 Å². The molecule has 0 unspecified atom stereocenters. The molecule has 0 aliphatic rings. The van der Waals surface area contributed by atoms with Gasteiger partial charge in [-0.05, 0) is 29.7 Å². The molecule has 0 amide bonds. The molecule has 0 aliphatic heterocycles. The molecule has 80 valence electrons. The first-order valence-electron chi connectivity index (χ1n) is 5.02. The van der Waals surface area contributed by atoms with Crippen molar-refractivity contribution in [3.05, 3.63) is 29.3 Å². The van der Waals surface area contributed by atoms with Crippen molar-refractivity contribution in [1.29, 1.82) is 0 Å². The van der Waals surface area contributed by atoms with Gasteiger partial charge in [-0.15, -0.1) is 6.42 Å². The smallest absolute Gasteiger partial charge is 0.120 e. The molecular formula is C13H16O2. The van der Waals surface area contributed by atoms with Gasteiger partial charge in [0.1, 0.15) is 12.4 Å². The molecule has 0 fully saturated rings. The molecule has 0 aliphatic carbocycles. The summed E-state index contributed by atoms with van der Waals surface area (Å²) in [4.78, 5) is 0. The van der Waals surface area contributed by atoms with Gasteiger partial charge >= 0.3 is 0 Å². The third-order valence-corrected chi connectivity index (χ3v) is 2.12. The average molecular weight is 204 g/mol. The van der Waals surface area contributed by atoms with Gasteiger partial charge in [-0.25, -0.2) is 0 Å². The van der Waals surface area contributed by atoms with Crippen LogP contribution < -0.4 is 4.74 Å². The number of ether oxygens (including phenoxy) is 1. The Morgan fingerprint density at radius 3 is 2.67 bits per heavy atom. The minimum Gasteiger partial charge on any atom is -0.491 e. The molecule has 0 heterocycles. The van der Waals surface area contributed by atoms with Crippen molar-refractivity contribution in [3.63, 3.8) is 0 Å². The quantitative estimate of drug-likeness (QED) is 0.761. The van der Waals surface area contributed by atoms with Crippen LogP contribution in [0.15, 0.2) is 18.2 Å². The second-order valence-corrected chi connectivity index (χ2v) is 3.66. The van der Waals surface area contributed by atoms with E-state index in [0.29, 0.717) is 12.5 Å². The lowest BCUT2D eigenvalue weighted by Gasteiger charge is -2.10. The SMILES string of the molecule is C#Cc1cc(OCCO)cc(C(C)C)c1. The minimum absolute atomic E-state index is 0.0112. The van der Waals surface area contributed by atoms with Gasteiger partial charge in [-0.2, -0.15) is 0 Å². The van der Waals surface area contributed by atoms with Crippen LogP contribution in [-0.2, 0) is 0 Å². The van der Waals surface area contributed by atoms with Crippen LogP contribution in [0, 0.1) is 12.3 Å². The first-order chi connectivity index (χ1) is 7.17. The zero-order chi connectivity index (χ0) is 11.3. The Morgan fingerprint density at radius 1 is 1.40 bits per heavy atom. The van der Waals surface area contributed by atoms with Crippen molar-refractivity contribution in [2.45, 2.75) is 19.8 Å². The minimum atomic E-state index is 0.0112. The lowest BCUT2D eigenvalue weighted by molar-refractivity contribution is 0.201. The fraction of sp³-hybridized carbons (Fsp3) is 0.385. The normalized spacial score (nSPS) is 10.1. The van der Waals surface area contributed by atoms with E-state index in [0.717, 1.165) is 16.9 Å². The summed E-state index contributed by atoms with van der Waals surface area (Å²) in [6.07, 6.45) is 5.36. The second kappa shape index (κ2) is 5.43. The lowest BCUT2D eigenvalue weighted by Crippen LogP contribution is -2.02. The summed E-state index contributed by atoms with van der Waals surface area (Å²) < 4.78 is 5.34. The highest BCUT2D eigenvalue weighted by Crippen LogP contribution is 2.22. The van der Waals surface area contributed by atoms with Gasteiger partial charge in [-0.3, -0.25) is 0 Å². The zero-order valence-electron chi connectivity index (χ0n) is 9.16. The van der Waals surface area contributed by atoms with Gasteiger partial charge in [-0.1, -0.05) is 19.8 Å². The second-order valence-electron chi connectivity index (χ2n) is 3.66. The molecule has 2 heteroatoms. The van der Waals surface area contributed by atoms with E-state index in [-0.39, 0.29) is 6.61 Å². The summed E-state index contributed by atoms with van der Waals surface area (Å²) in [6, 6.07) is 5.75. The van der Waals surface area contributed by atoms with E-state index < -0.39 is 0 Å². The summed E-state index contributed by atoms with van der Waals surface area (Å²) in [5.74, 6) is 3.73. The van der Waals surface area contributed by atoms with Crippen LogP contribution in [0.2, 0.25) is 0 Å². The van der Waals surface area contributed by atoms with E-state index >= 15 is 0 Å². The number of hydrogen-bond acceptors (Lipinski definition) is 2. The predicted molar refractivity (Wildman–Crippen MR) is 61.0 cm³/mol. The van der Waals surface area contributed by atoms with Crippen molar-refractivity contribution < 1.29 is 9.84 Å². The number of hydrogen-bond donors (Lipinski definition) is 1. The van der Waals surface area contributed by atoms with Crippen LogP contribution >= 0.6 is 0 Å². The molecule has 0 spiro atoms. The first kappa shape index (κ1) is 11.6. The summed E-state index contributed by atoms with van der Waals surface area (Å²) in [7, 11) is 0. The van der Waals surface area contributed by atoms with Crippen molar-refractivity contribution in [2.24, 2.45) is 0 Å². The third-order valence-electron chi connectivity index (χ3n) is 2.12. The highest BCUT2D eigenvalue weighted by Gasteiger charge is 2.04. The van der Waals surface area contributed by atoms with Crippen LogP contribution in [0.25, 0.3) is 0 Å². The molecule has 1 N–H and O–H groups in total. The summed E-state index contributed by atoms with van der Waals surface area (Å²) in [5, 5.41) is 8.67. The maximum Gasteiger partial charge on any atom is 0.120 e.